The second-order valence-electron chi connectivity index (χ2n) is 14.4. The van der Waals surface area contributed by atoms with Crippen molar-refractivity contribution in [2.45, 2.75) is 26.4 Å². The van der Waals surface area contributed by atoms with Crippen LogP contribution >= 0.6 is 23.2 Å². The second kappa shape index (κ2) is 16.6. The maximum atomic E-state index is 14.2. The largest absolute Gasteiger partial charge is 0.448 e. The molecule has 0 bridgehead atoms. The highest BCUT2D eigenvalue weighted by Gasteiger charge is 2.27. The fourth-order valence-corrected chi connectivity index (χ4v) is 6.65. The van der Waals surface area contributed by atoms with Crippen molar-refractivity contribution in [1.82, 2.24) is 29.1 Å². The minimum atomic E-state index is -0.987. The Balaban J connectivity index is 0.000000189. The Bertz CT molecular complexity index is 3140. The number of fused-ring (bicyclic) bond motifs is 2. The number of ether oxygens (including phenoxy) is 3. The van der Waals surface area contributed by atoms with E-state index >= 15 is 0 Å². The zero-order valence-corrected chi connectivity index (χ0v) is 34.2. The number of benzene rings is 4. The molecule has 0 radical (unpaired) electrons. The first-order valence-electron chi connectivity index (χ1n) is 18.1. The zero-order chi connectivity index (χ0) is 43.9. The summed E-state index contributed by atoms with van der Waals surface area (Å²) >= 11 is 12.6. The van der Waals surface area contributed by atoms with Crippen LogP contribution in [0.2, 0.25) is 10.0 Å². The summed E-state index contributed by atoms with van der Waals surface area (Å²) in [7, 11) is 3.01. The third-order valence-electron chi connectivity index (χ3n) is 8.96. The second-order valence-corrected chi connectivity index (χ2v) is 15.2. The number of nitrogens with zero attached hydrogens (tertiary/aromatic N) is 5. The van der Waals surface area contributed by atoms with Crippen molar-refractivity contribution in [2.24, 2.45) is 14.1 Å². The van der Waals surface area contributed by atoms with Gasteiger partial charge in [0.15, 0.2) is 34.6 Å². The number of aromatic nitrogens is 6. The van der Waals surface area contributed by atoms with Crippen LogP contribution in [0.1, 0.15) is 20.8 Å². The Morgan fingerprint density at radius 1 is 0.656 bits per heavy atom. The summed E-state index contributed by atoms with van der Waals surface area (Å²) in [5.74, 6) is -4.44. The van der Waals surface area contributed by atoms with Crippen molar-refractivity contribution in [2.75, 3.05) is 0 Å². The molecule has 18 heteroatoms. The molecule has 0 spiro atoms. The number of pyridine rings is 2. The Kier molecular flexibility index (Phi) is 11.5. The van der Waals surface area contributed by atoms with Gasteiger partial charge in [0.2, 0.25) is 0 Å². The van der Waals surface area contributed by atoms with Crippen LogP contribution in [0.15, 0.2) is 107 Å². The molecule has 0 amide bonds. The standard InChI is InChI=1S/C24H20ClF2N3O4.C19H12ClF2N3O2/c1-24(2,3)34-23(32)30-17-12-19(33-18-10-9-13(26)11-16(18)27)22(31)29(4)21(17)20(28-30)14-7-5-6-8-15(14)25;1-25-18-14(23-24-17(18)11-4-2-3-5-12(11)20)9-16(19(25)26)27-15-7-6-10(21)8-13(15)22/h5-12H,1-4H3;2-9H,1H3,(H,23,24). The fourth-order valence-electron chi connectivity index (χ4n) is 6.20. The van der Waals surface area contributed by atoms with E-state index in [1.807, 2.05) is 6.07 Å². The van der Waals surface area contributed by atoms with E-state index in [4.69, 9.17) is 37.4 Å². The van der Waals surface area contributed by atoms with Gasteiger partial charge < -0.3 is 23.3 Å². The molecule has 4 aromatic carbocycles. The Morgan fingerprint density at radius 3 is 1.66 bits per heavy atom. The Labute approximate surface area is 353 Å². The maximum absolute atomic E-state index is 14.2. The number of hydrogen-bond donors (Lipinski definition) is 1. The summed E-state index contributed by atoms with van der Waals surface area (Å²) in [5, 5.41) is 12.3. The van der Waals surface area contributed by atoms with Crippen LogP contribution in [0, 0.1) is 23.3 Å². The number of carbonyl (C=O) groups excluding carboxylic acids is 1. The molecule has 8 rings (SSSR count). The predicted molar refractivity (Wildman–Crippen MR) is 222 cm³/mol. The lowest BCUT2D eigenvalue weighted by molar-refractivity contribution is 0.0523. The number of nitrogens with one attached hydrogen (secondary N) is 1. The molecule has 1 N–H and O–H groups in total. The molecule has 0 aliphatic rings. The Hall–Kier alpha value is -6.91. The van der Waals surface area contributed by atoms with E-state index in [0.29, 0.717) is 50.0 Å². The summed E-state index contributed by atoms with van der Waals surface area (Å²) < 4.78 is 74.2. The van der Waals surface area contributed by atoms with E-state index in [-0.39, 0.29) is 39.7 Å². The van der Waals surface area contributed by atoms with Crippen molar-refractivity contribution >= 4 is 51.4 Å². The van der Waals surface area contributed by atoms with Gasteiger partial charge in [-0.3, -0.25) is 14.7 Å². The van der Waals surface area contributed by atoms with Crippen molar-refractivity contribution in [3.05, 3.63) is 151 Å². The molecule has 312 valence electrons. The lowest BCUT2D eigenvalue weighted by Gasteiger charge is -2.19. The first kappa shape index (κ1) is 42.2. The summed E-state index contributed by atoms with van der Waals surface area (Å²) in [4.78, 5) is 38.8. The van der Waals surface area contributed by atoms with Gasteiger partial charge in [-0.25, -0.2) is 22.4 Å². The highest BCUT2D eigenvalue weighted by molar-refractivity contribution is 6.34. The monoisotopic (exact) mass is 874 g/mol. The van der Waals surface area contributed by atoms with Gasteiger partial charge in [-0.05, 0) is 57.2 Å². The third kappa shape index (κ3) is 8.58. The molecular formula is C43H32Cl2F4N6O6. The molecule has 0 aliphatic carbocycles. The van der Waals surface area contributed by atoms with E-state index in [1.165, 1.54) is 28.3 Å². The van der Waals surface area contributed by atoms with E-state index in [9.17, 15) is 31.9 Å². The summed E-state index contributed by atoms with van der Waals surface area (Å²) in [5.41, 5.74) is 1.47. The SMILES string of the molecule is Cn1c(=O)c(Oc2ccc(F)cc2F)cc2[nH]nc(-c3ccccc3Cl)c21.Cn1c(=O)c(Oc2ccc(F)cc2F)cc2c1c(-c1ccccc1Cl)nn2C(=O)OC(C)(C)C. The highest BCUT2D eigenvalue weighted by atomic mass is 35.5. The highest BCUT2D eigenvalue weighted by Crippen LogP contribution is 2.35. The number of rotatable bonds is 6. The summed E-state index contributed by atoms with van der Waals surface area (Å²) in [6.07, 6.45) is -0.798. The number of carbonyl (C=O) groups is 1. The molecule has 0 unspecified atom stereocenters. The zero-order valence-electron chi connectivity index (χ0n) is 32.7. The first-order chi connectivity index (χ1) is 28.9. The molecule has 4 aromatic heterocycles. The van der Waals surface area contributed by atoms with Crippen LogP contribution in [0.25, 0.3) is 44.6 Å². The van der Waals surface area contributed by atoms with Crippen molar-refractivity contribution in [1.29, 1.82) is 0 Å². The Morgan fingerprint density at radius 2 is 1.15 bits per heavy atom. The predicted octanol–water partition coefficient (Wildman–Crippen LogP) is 10.6. The summed E-state index contributed by atoms with van der Waals surface area (Å²) in [6.45, 7) is 5.10. The van der Waals surface area contributed by atoms with Gasteiger partial charge >= 0.3 is 6.09 Å². The van der Waals surface area contributed by atoms with E-state index in [0.717, 1.165) is 28.9 Å². The van der Waals surface area contributed by atoms with Crippen LogP contribution in [0.3, 0.4) is 0 Å². The third-order valence-corrected chi connectivity index (χ3v) is 9.62. The molecule has 4 heterocycles. The molecule has 0 atom stereocenters. The number of aryl methyl sites for hydroxylation is 2. The van der Waals surface area contributed by atoms with Crippen LogP contribution in [0.4, 0.5) is 22.4 Å². The molecule has 12 nitrogen and oxygen atoms in total. The van der Waals surface area contributed by atoms with E-state index < -0.39 is 46.1 Å². The molecule has 0 saturated heterocycles. The van der Waals surface area contributed by atoms with Gasteiger partial charge in [0.05, 0.1) is 26.6 Å². The van der Waals surface area contributed by atoms with Crippen molar-refractivity contribution in [3.8, 4) is 45.5 Å². The van der Waals surface area contributed by atoms with E-state index in [1.54, 1.807) is 70.3 Å². The molecule has 0 fully saturated rings. The minimum Gasteiger partial charge on any atom is -0.448 e. The van der Waals surface area contributed by atoms with Crippen LogP contribution < -0.4 is 20.6 Å². The maximum Gasteiger partial charge on any atom is 0.435 e. The van der Waals surface area contributed by atoms with Crippen LogP contribution in [-0.4, -0.2) is 40.8 Å². The molecule has 0 aliphatic heterocycles. The summed E-state index contributed by atoms with van der Waals surface area (Å²) in [6, 6.07) is 22.2. The van der Waals surface area contributed by atoms with Gasteiger partial charge in [-0.1, -0.05) is 59.6 Å². The van der Waals surface area contributed by atoms with Gasteiger partial charge in [0, 0.05) is 49.5 Å². The number of H-pyrrole nitrogens is 1. The molecule has 8 aromatic rings. The average Bonchev–Trinajstić information content (AvgIpc) is 3.80. The van der Waals surface area contributed by atoms with Crippen molar-refractivity contribution < 1.29 is 36.6 Å². The smallest absolute Gasteiger partial charge is 0.435 e. The number of hydrogen-bond acceptors (Lipinski definition) is 8. The van der Waals surface area contributed by atoms with Gasteiger partial charge in [0.25, 0.3) is 11.1 Å². The lowest BCUT2D eigenvalue weighted by Crippen LogP contribution is -2.28. The van der Waals surface area contributed by atoms with Crippen molar-refractivity contribution in [3.63, 3.8) is 0 Å². The van der Waals surface area contributed by atoms with Gasteiger partial charge in [0.1, 0.15) is 34.1 Å². The molecule has 61 heavy (non-hydrogen) atoms. The van der Waals surface area contributed by atoms with Gasteiger partial charge in [-0.2, -0.15) is 14.9 Å². The lowest BCUT2D eigenvalue weighted by atomic mass is 10.1. The van der Waals surface area contributed by atoms with Crippen LogP contribution in [-0.2, 0) is 18.8 Å². The average molecular weight is 876 g/mol. The normalized spacial score (nSPS) is 11.4. The fraction of sp³-hybridized carbons (Fsp3) is 0.140. The van der Waals surface area contributed by atoms with Gasteiger partial charge in [-0.15, -0.1) is 0 Å². The topological polar surface area (TPSA) is 135 Å². The molecule has 0 saturated carbocycles. The number of aromatic amines is 1. The minimum absolute atomic E-state index is 0.120. The molecular weight excluding hydrogens is 843 g/mol. The van der Waals surface area contributed by atoms with E-state index in [2.05, 4.69) is 15.3 Å². The quantitative estimate of drug-likeness (QED) is 0.163. The van der Waals surface area contributed by atoms with Crippen LogP contribution in [0.5, 0.6) is 23.0 Å². The number of halogens is 6. The first-order valence-corrected chi connectivity index (χ1v) is 18.9.